The highest BCUT2D eigenvalue weighted by molar-refractivity contribution is 5.94. The standard InChI is InChI=1S/C17H18N2O2/c1-13(2)21-16-10-8-14(9-11-16)12-18-19-17(20)15-6-4-3-5-7-15/h3-13H,1-2H3,(H,19,20)/b18-12+. The number of amides is 1. The lowest BCUT2D eigenvalue weighted by atomic mass is 10.2. The molecule has 4 nitrogen and oxygen atoms in total. The van der Waals surface area contributed by atoms with Crippen molar-refractivity contribution in [2.45, 2.75) is 20.0 Å². The summed E-state index contributed by atoms with van der Waals surface area (Å²) in [6.45, 7) is 3.96. The van der Waals surface area contributed by atoms with Crippen molar-refractivity contribution >= 4 is 12.1 Å². The van der Waals surface area contributed by atoms with E-state index in [1.165, 1.54) is 0 Å². The highest BCUT2D eigenvalue weighted by Crippen LogP contribution is 2.12. The minimum absolute atomic E-state index is 0.148. The molecule has 0 aromatic heterocycles. The number of ether oxygens (including phenoxy) is 1. The van der Waals surface area contributed by atoms with Crippen LogP contribution in [0.3, 0.4) is 0 Å². The van der Waals surface area contributed by atoms with Crippen LogP contribution in [0.5, 0.6) is 5.75 Å². The lowest BCUT2D eigenvalue weighted by molar-refractivity contribution is 0.0955. The van der Waals surface area contributed by atoms with Crippen LogP contribution in [0.1, 0.15) is 29.8 Å². The first-order valence-electron chi connectivity index (χ1n) is 6.80. The Bertz CT molecular complexity index is 604. The van der Waals surface area contributed by atoms with Crippen molar-refractivity contribution in [2.24, 2.45) is 5.10 Å². The summed E-state index contributed by atoms with van der Waals surface area (Å²) in [4.78, 5) is 11.8. The van der Waals surface area contributed by atoms with Crippen LogP contribution in [-0.2, 0) is 0 Å². The van der Waals surface area contributed by atoms with Gasteiger partial charge in [-0.1, -0.05) is 18.2 Å². The van der Waals surface area contributed by atoms with Crippen LogP contribution in [0, 0.1) is 0 Å². The summed E-state index contributed by atoms with van der Waals surface area (Å²) >= 11 is 0. The van der Waals surface area contributed by atoms with Gasteiger partial charge < -0.3 is 4.74 Å². The van der Waals surface area contributed by atoms with E-state index in [2.05, 4.69) is 10.5 Å². The van der Waals surface area contributed by atoms with Gasteiger partial charge in [0.15, 0.2) is 0 Å². The monoisotopic (exact) mass is 282 g/mol. The molecule has 0 aliphatic rings. The smallest absolute Gasteiger partial charge is 0.271 e. The molecule has 2 rings (SSSR count). The molecule has 2 aromatic carbocycles. The SMILES string of the molecule is CC(C)Oc1ccc(/C=N/NC(=O)c2ccccc2)cc1. The molecular formula is C17H18N2O2. The Hall–Kier alpha value is -2.62. The highest BCUT2D eigenvalue weighted by Gasteiger charge is 2.01. The summed E-state index contributed by atoms with van der Waals surface area (Å²) in [6.07, 6.45) is 1.75. The van der Waals surface area contributed by atoms with Gasteiger partial charge in [-0.3, -0.25) is 4.79 Å². The molecule has 0 saturated heterocycles. The van der Waals surface area contributed by atoms with E-state index in [-0.39, 0.29) is 12.0 Å². The van der Waals surface area contributed by atoms with Gasteiger partial charge in [0.2, 0.25) is 0 Å². The van der Waals surface area contributed by atoms with Crippen LogP contribution in [0.4, 0.5) is 0 Å². The van der Waals surface area contributed by atoms with Gasteiger partial charge in [-0.15, -0.1) is 0 Å². The van der Waals surface area contributed by atoms with E-state index in [1.54, 1.807) is 18.3 Å². The molecule has 0 saturated carbocycles. The molecule has 0 atom stereocenters. The molecule has 0 radical (unpaired) electrons. The van der Waals surface area contributed by atoms with E-state index in [0.717, 1.165) is 11.3 Å². The molecule has 1 amide bonds. The van der Waals surface area contributed by atoms with Crippen molar-refractivity contribution in [3.63, 3.8) is 0 Å². The van der Waals surface area contributed by atoms with Crippen molar-refractivity contribution in [3.05, 3.63) is 65.7 Å². The predicted molar refractivity (Wildman–Crippen MR) is 83.7 cm³/mol. The molecular weight excluding hydrogens is 264 g/mol. The number of carbonyl (C=O) groups excluding carboxylic acids is 1. The number of rotatable bonds is 5. The molecule has 0 unspecified atom stereocenters. The fourth-order valence-corrected chi connectivity index (χ4v) is 1.72. The van der Waals surface area contributed by atoms with Crippen LogP contribution in [0.15, 0.2) is 59.7 Å². The number of hydrazone groups is 1. The predicted octanol–water partition coefficient (Wildman–Crippen LogP) is 3.24. The summed E-state index contributed by atoms with van der Waals surface area (Å²) in [5.41, 5.74) is 3.96. The molecule has 0 bridgehead atoms. The first-order valence-corrected chi connectivity index (χ1v) is 6.80. The molecule has 0 fully saturated rings. The summed E-state index contributed by atoms with van der Waals surface area (Å²) < 4.78 is 5.56. The Balaban J connectivity index is 1.91. The minimum Gasteiger partial charge on any atom is -0.491 e. The maximum Gasteiger partial charge on any atom is 0.271 e. The van der Waals surface area contributed by atoms with Gasteiger partial charge in [-0.2, -0.15) is 5.10 Å². The third-order valence-electron chi connectivity index (χ3n) is 2.67. The van der Waals surface area contributed by atoms with Crippen LogP contribution >= 0.6 is 0 Å². The number of benzene rings is 2. The largest absolute Gasteiger partial charge is 0.491 e. The Morgan fingerprint density at radius 1 is 1.10 bits per heavy atom. The maximum absolute atomic E-state index is 11.8. The second-order valence-electron chi connectivity index (χ2n) is 4.80. The maximum atomic E-state index is 11.8. The number of nitrogens with one attached hydrogen (secondary N) is 1. The lowest BCUT2D eigenvalue weighted by Crippen LogP contribution is -2.17. The zero-order valence-corrected chi connectivity index (χ0v) is 12.1. The molecule has 4 heteroatoms. The van der Waals surface area contributed by atoms with E-state index in [1.807, 2.05) is 56.3 Å². The fourth-order valence-electron chi connectivity index (χ4n) is 1.72. The molecule has 0 heterocycles. The Morgan fingerprint density at radius 2 is 1.76 bits per heavy atom. The zero-order chi connectivity index (χ0) is 15.1. The number of hydrogen-bond donors (Lipinski definition) is 1. The first kappa shape index (κ1) is 14.8. The zero-order valence-electron chi connectivity index (χ0n) is 12.1. The summed E-state index contributed by atoms with van der Waals surface area (Å²) in [5, 5.41) is 3.94. The van der Waals surface area contributed by atoms with Crippen LogP contribution in [-0.4, -0.2) is 18.2 Å². The quantitative estimate of drug-likeness (QED) is 0.676. The third-order valence-corrected chi connectivity index (χ3v) is 2.67. The second-order valence-corrected chi connectivity index (χ2v) is 4.80. The van der Waals surface area contributed by atoms with Gasteiger partial charge in [0.1, 0.15) is 5.75 Å². The van der Waals surface area contributed by atoms with E-state index in [0.29, 0.717) is 5.56 Å². The summed E-state index contributed by atoms with van der Waals surface area (Å²) in [6, 6.07) is 16.5. The van der Waals surface area contributed by atoms with Crippen molar-refractivity contribution in [3.8, 4) is 5.75 Å². The third kappa shape index (κ3) is 4.76. The van der Waals surface area contributed by atoms with E-state index < -0.39 is 0 Å². The Kier molecular flexibility index (Phi) is 5.10. The minimum atomic E-state index is -0.230. The van der Waals surface area contributed by atoms with Crippen molar-refractivity contribution in [2.75, 3.05) is 0 Å². The molecule has 2 aromatic rings. The van der Waals surface area contributed by atoms with Gasteiger partial charge in [0.05, 0.1) is 12.3 Å². The number of carbonyl (C=O) groups is 1. The van der Waals surface area contributed by atoms with Gasteiger partial charge in [0.25, 0.3) is 5.91 Å². The molecule has 0 aliphatic heterocycles. The van der Waals surface area contributed by atoms with Crippen LogP contribution in [0.25, 0.3) is 0 Å². The first-order chi connectivity index (χ1) is 10.1. The molecule has 108 valence electrons. The Labute approximate surface area is 124 Å². The fraction of sp³-hybridized carbons (Fsp3) is 0.176. The average Bonchev–Trinajstić information content (AvgIpc) is 2.49. The van der Waals surface area contributed by atoms with E-state index in [9.17, 15) is 4.79 Å². The molecule has 0 spiro atoms. The normalized spacial score (nSPS) is 10.8. The second kappa shape index (κ2) is 7.24. The van der Waals surface area contributed by atoms with Crippen molar-refractivity contribution < 1.29 is 9.53 Å². The lowest BCUT2D eigenvalue weighted by Gasteiger charge is -2.09. The van der Waals surface area contributed by atoms with Gasteiger partial charge in [-0.05, 0) is 55.8 Å². The van der Waals surface area contributed by atoms with E-state index in [4.69, 9.17) is 4.74 Å². The number of hydrogen-bond acceptors (Lipinski definition) is 3. The van der Waals surface area contributed by atoms with Crippen LogP contribution < -0.4 is 10.2 Å². The van der Waals surface area contributed by atoms with Gasteiger partial charge in [0, 0.05) is 5.56 Å². The molecule has 1 N–H and O–H groups in total. The van der Waals surface area contributed by atoms with Crippen molar-refractivity contribution in [1.29, 1.82) is 0 Å². The molecule has 21 heavy (non-hydrogen) atoms. The van der Waals surface area contributed by atoms with Gasteiger partial charge >= 0.3 is 0 Å². The highest BCUT2D eigenvalue weighted by atomic mass is 16.5. The van der Waals surface area contributed by atoms with Gasteiger partial charge in [-0.25, -0.2) is 5.43 Å². The average molecular weight is 282 g/mol. The number of nitrogens with zero attached hydrogens (tertiary/aromatic N) is 1. The van der Waals surface area contributed by atoms with Crippen molar-refractivity contribution in [1.82, 2.24) is 5.43 Å². The van der Waals surface area contributed by atoms with Crippen LogP contribution in [0.2, 0.25) is 0 Å². The Morgan fingerprint density at radius 3 is 2.38 bits per heavy atom. The molecule has 0 aliphatic carbocycles. The van der Waals surface area contributed by atoms with E-state index >= 15 is 0 Å². The summed E-state index contributed by atoms with van der Waals surface area (Å²) in [7, 11) is 0. The summed E-state index contributed by atoms with van der Waals surface area (Å²) in [5.74, 6) is 0.585. The topological polar surface area (TPSA) is 50.7 Å².